The lowest BCUT2D eigenvalue weighted by atomic mass is 10.1. The van der Waals surface area contributed by atoms with Gasteiger partial charge >= 0.3 is 5.97 Å². The van der Waals surface area contributed by atoms with Crippen molar-refractivity contribution in [2.75, 3.05) is 0 Å². The molecule has 1 aromatic heterocycles. The topological polar surface area (TPSA) is 79.3 Å². The Hall–Kier alpha value is -3.06. The second-order valence-corrected chi connectivity index (χ2v) is 6.83. The van der Waals surface area contributed by atoms with Crippen LogP contribution in [0.1, 0.15) is 11.3 Å². The third kappa shape index (κ3) is 5.21. The summed E-state index contributed by atoms with van der Waals surface area (Å²) in [5.41, 5.74) is 2.14. The molecule has 1 atom stereocenters. The van der Waals surface area contributed by atoms with Crippen molar-refractivity contribution in [3.8, 4) is 10.6 Å². The number of carboxylic acid groups (broad SMARTS) is 1. The van der Waals surface area contributed by atoms with E-state index in [4.69, 9.17) is 0 Å². The number of hydrogen-bond acceptors (Lipinski definition) is 4. The van der Waals surface area contributed by atoms with Crippen LogP contribution >= 0.6 is 11.3 Å². The number of nitrogens with zero attached hydrogens (tertiary/aromatic N) is 1. The van der Waals surface area contributed by atoms with Crippen LogP contribution in [0.4, 0.5) is 4.39 Å². The molecule has 2 aromatic carbocycles. The minimum atomic E-state index is -1.09. The molecule has 5 nitrogen and oxygen atoms in total. The summed E-state index contributed by atoms with van der Waals surface area (Å²) in [6.07, 6.45) is 0.191. The fourth-order valence-corrected chi connectivity index (χ4v) is 3.40. The first-order chi connectivity index (χ1) is 13.0. The summed E-state index contributed by atoms with van der Waals surface area (Å²) in [6, 6.07) is 14.1. The highest BCUT2D eigenvalue weighted by Crippen LogP contribution is 2.24. The van der Waals surface area contributed by atoms with Crippen LogP contribution in [0.3, 0.4) is 0 Å². The first-order valence-electron chi connectivity index (χ1n) is 8.27. The highest BCUT2D eigenvalue weighted by atomic mass is 32.1. The predicted octanol–water partition coefficient (Wildman–Crippen LogP) is 3.30. The van der Waals surface area contributed by atoms with Gasteiger partial charge in [0.25, 0.3) is 0 Å². The van der Waals surface area contributed by atoms with E-state index in [9.17, 15) is 19.1 Å². The van der Waals surface area contributed by atoms with Crippen LogP contribution in [0.2, 0.25) is 0 Å². The van der Waals surface area contributed by atoms with Crippen LogP contribution in [0.15, 0.2) is 60.0 Å². The van der Waals surface area contributed by atoms with E-state index in [1.165, 1.54) is 23.5 Å². The molecule has 0 aliphatic carbocycles. The lowest BCUT2D eigenvalue weighted by Gasteiger charge is -2.14. The van der Waals surface area contributed by atoms with Crippen molar-refractivity contribution in [1.82, 2.24) is 10.3 Å². The summed E-state index contributed by atoms with van der Waals surface area (Å²) < 4.78 is 13.0. The molecular formula is C20H17FN2O3S. The Morgan fingerprint density at radius 3 is 2.48 bits per heavy atom. The van der Waals surface area contributed by atoms with Gasteiger partial charge in [-0.25, -0.2) is 14.2 Å². The van der Waals surface area contributed by atoms with Gasteiger partial charge in [0, 0.05) is 17.4 Å². The number of halogens is 1. The molecule has 0 spiro atoms. The van der Waals surface area contributed by atoms with Crippen molar-refractivity contribution in [2.45, 2.75) is 18.9 Å². The van der Waals surface area contributed by atoms with E-state index in [0.29, 0.717) is 10.7 Å². The van der Waals surface area contributed by atoms with Gasteiger partial charge in [-0.15, -0.1) is 11.3 Å². The summed E-state index contributed by atoms with van der Waals surface area (Å²) in [6.45, 7) is 0. The predicted molar refractivity (Wildman–Crippen MR) is 101 cm³/mol. The molecule has 1 amide bonds. The minimum Gasteiger partial charge on any atom is -0.480 e. The molecule has 0 saturated heterocycles. The monoisotopic (exact) mass is 384 g/mol. The zero-order valence-electron chi connectivity index (χ0n) is 14.3. The number of rotatable bonds is 7. The highest BCUT2D eigenvalue weighted by molar-refractivity contribution is 7.13. The third-order valence-electron chi connectivity index (χ3n) is 3.90. The molecule has 0 fully saturated rings. The number of carbonyl (C=O) groups is 2. The molecule has 0 saturated carbocycles. The van der Waals surface area contributed by atoms with Crippen molar-refractivity contribution >= 4 is 23.2 Å². The van der Waals surface area contributed by atoms with Gasteiger partial charge < -0.3 is 10.4 Å². The molecule has 3 rings (SSSR count). The van der Waals surface area contributed by atoms with E-state index < -0.39 is 17.9 Å². The molecule has 1 heterocycles. The number of benzene rings is 2. The zero-order valence-corrected chi connectivity index (χ0v) is 15.1. The standard InChI is InChI=1S/C20H17FN2O3S/c21-15-8-6-14(7-9-15)19-22-16(12-27-19)11-18(24)23-17(20(25)26)10-13-4-2-1-3-5-13/h1-9,12,17H,10-11H2,(H,23,24)(H,25,26)/t17-/m1/s1. The Kier molecular flexibility index (Phi) is 5.93. The number of hydrogen-bond donors (Lipinski definition) is 2. The van der Waals surface area contributed by atoms with Gasteiger partial charge in [0.05, 0.1) is 12.1 Å². The summed E-state index contributed by atoms with van der Waals surface area (Å²) in [7, 11) is 0. The second kappa shape index (κ2) is 8.55. The van der Waals surface area contributed by atoms with Gasteiger partial charge in [-0.05, 0) is 29.8 Å². The summed E-state index contributed by atoms with van der Waals surface area (Å²) >= 11 is 1.35. The van der Waals surface area contributed by atoms with Crippen LogP contribution in [-0.2, 0) is 22.4 Å². The number of aromatic nitrogens is 1. The average molecular weight is 384 g/mol. The van der Waals surface area contributed by atoms with Crippen molar-refractivity contribution in [3.05, 3.63) is 77.1 Å². The molecule has 0 radical (unpaired) electrons. The van der Waals surface area contributed by atoms with Crippen LogP contribution in [0.25, 0.3) is 10.6 Å². The quantitative estimate of drug-likeness (QED) is 0.655. The third-order valence-corrected chi connectivity index (χ3v) is 4.84. The van der Waals surface area contributed by atoms with Crippen LogP contribution in [-0.4, -0.2) is 28.0 Å². The van der Waals surface area contributed by atoms with Crippen molar-refractivity contribution in [3.63, 3.8) is 0 Å². The molecular weight excluding hydrogens is 367 g/mol. The number of amides is 1. The Morgan fingerprint density at radius 1 is 1.11 bits per heavy atom. The van der Waals surface area contributed by atoms with Gasteiger partial charge in [0.15, 0.2) is 0 Å². The number of aliphatic carboxylic acids is 1. The molecule has 27 heavy (non-hydrogen) atoms. The van der Waals surface area contributed by atoms with Crippen molar-refractivity contribution in [1.29, 1.82) is 0 Å². The Bertz CT molecular complexity index is 926. The minimum absolute atomic E-state index is 0.0176. The lowest BCUT2D eigenvalue weighted by Crippen LogP contribution is -2.43. The Labute approximate surface area is 159 Å². The summed E-state index contributed by atoms with van der Waals surface area (Å²) in [5.74, 6) is -1.82. The highest BCUT2D eigenvalue weighted by Gasteiger charge is 2.21. The molecule has 0 unspecified atom stereocenters. The first-order valence-corrected chi connectivity index (χ1v) is 9.15. The van der Waals surface area contributed by atoms with Crippen LogP contribution in [0.5, 0.6) is 0 Å². The molecule has 0 aliphatic rings. The SMILES string of the molecule is O=C(Cc1csc(-c2ccc(F)cc2)n1)N[C@H](Cc1ccccc1)C(=O)O. The Morgan fingerprint density at radius 2 is 1.81 bits per heavy atom. The van der Waals surface area contributed by atoms with E-state index in [1.807, 2.05) is 30.3 Å². The van der Waals surface area contributed by atoms with Gasteiger partial charge in [0.2, 0.25) is 5.91 Å². The van der Waals surface area contributed by atoms with Gasteiger partial charge in [-0.3, -0.25) is 4.79 Å². The maximum absolute atomic E-state index is 13.0. The lowest BCUT2D eigenvalue weighted by molar-refractivity contribution is -0.141. The Balaban J connectivity index is 1.62. The maximum atomic E-state index is 13.0. The van der Waals surface area contributed by atoms with E-state index in [2.05, 4.69) is 10.3 Å². The first kappa shape index (κ1) is 18.7. The van der Waals surface area contributed by atoms with E-state index in [1.54, 1.807) is 17.5 Å². The number of nitrogens with one attached hydrogen (secondary N) is 1. The average Bonchev–Trinajstić information content (AvgIpc) is 3.11. The molecule has 7 heteroatoms. The fourth-order valence-electron chi connectivity index (χ4n) is 2.57. The molecule has 3 aromatic rings. The zero-order chi connectivity index (χ0) is 19.2. The number of carbonyl (C=O) groups excluding carboxylic acids is 1. The van der Waals surface area contributed by atoms with Crippen LogP contribution in [0, 0.1) is 5.82 Å². The second-order valence-electron chi connectivity index (χ2n) is 5.98. The molecule has 2 N–H and O–H groups in total. The van der Waals surface area contributed by atoms with Crippen molar-refractivity contribution in [2.24, 2.45) is 0 Å². The van der Waals surface area contributed by atoms with E-state index in [0.717, 1.165) is 11.1 Å². The van der Waals surface area contributed by atoms with Crippen LogP contribution < -0.4 is 5.32 Å². The smallest absolute Gasteiger partial charge is 0.326 e. The van der Waals surface area contributed by atoms with Crippen molar-refractivity contribution < 1.29 is 19.1 Å². The van der Waals surface area contributed by atoms with E-state index in [-0.39, 0.29) is 18.7 Å². The number of carboxylic acids is 1. The van der Waals surface area contributed by atoms with Gasteiger partial charge in [-0.2, -0.15) is 0 Å². The number of thiazole rings is 1. The summed E-state index contributed by atoms with van der Waals surface area (Å²) in [5, 5.41) is 14.3. The molecule has 0 bridgehead atoms. The summed E-state index contributed by atoms with van der Waals surface area (Å²) in [4.78, 5) is 28.1. The normalized spacial score (nSPS) is 11.7. The van der Waals surface area contributed by atoms with Gasteiger partial charge in [-0.1, -0.05) is 30.3 Å². The van der Waals surface area contributed by atoms with Gasteiger partial charge in [0.1, 0.15) is 16.9 Å². The van der Waals surface area contributed by atoms with E-state index >= 15 is 0 Å². The molecule has 138 valence electrons. The largest absolute Gasteiger partial charge is 0.480 e. The molecule has 0 aliphatic heterocycles. The fraction of sp³-hybridized carbons (Fsp3) is 0.150. The maximum Gasteiger partial charge on any atom is 0.326 e.